The molecule has 9 heteroatoms. The number of amides is 1. The van der Waals surface area contributed by atoms with Crippen molar-refractivity contribution in [2.75, 3.05) is 57.5 Å². The number of halogens is 1. The molecule has 4 rings (SSSR count). The molecule has 2 aromatic carbocycles. The number of nitrogen functional groups attached to an aromatic ring is 1. The number of benzene rings is 2. The monoisotopic (exact) mass is 520 g/mol. The second-order valence-electron chi connectivity index (χ2n) is 9.97. The lowest BCUT2D eigenvalue weighted by molar-refractivity contribution is 0.0933. The van der Waals surface area contributed by atoms with Gasteiger partial charge in [-0.25, -0.2) is 9.37 Å². The first kappa shape index (κ1) is 27.3. The van der Waals surface area contributed by atoms with E-state index in [2.05, 4.69) is 20.5 Å². The van der Waals surface area contributed by atoms with Crippen molar-refractivity contribution in [1.82, 2.24) is 20.5 Å². The molecule has 1 fully saturated rings. The van der Waals surface area contributed by atoms with Crippen LogP contribution in [0.5, 0.6) is 5.75 Å². The summed E-state index contributed by atoms with van der Waals surface area (Å²) in [5.41, 5.74) is 9.25. The number of piperidine rings is 1. The number of anilines is 3. The summed E-state index contributed by atoms with van der Waals surface area (Å²) in [5, 5.41) is 16.7. The van der Waals surface area contributed by atoms with Crippen molar-refractivity contribution in [3.05, 3.63) is 65.5 Å². The highest BCUT2D eigenvalue weighted by Crippen LogP contribution is 2.35. The molecule has 1 aromatic heterocycles. The fourth-order valence-electron chi connectivity index (χ4n) is 4.90. The minimum Gasteiger partial charge on any atom is -0.507 e. The van der Waals surface area contributed by atoms with Crippen LogP contribution in [-0.2, 0) is 0 Å². The van der Waals surface area contributed by atoms with Crippen LogP contribution in [0.1, 0.15) is 28.8 Å². The van der Waals surface area contributed by atoms with E-state index in [1.54, 1.807) is 42.3 Å². The molecule has 0 bridgehead atoms. The number of aromatic nitrogens is 1. The van der Waals surface area contributed by atoms with Crippen LogP contribution in [0.4, 0.5) is 21.6 Å². The summed E-state index contributed by atoms with van der Waals surface area (Å²) in [6.45, 7) is 6.43. The molecular formula is C29H37FN6O2. The number of likely N-dealkylation sites (N-methyl/N-ethyl adjacent to an activating group) is 1. The smallest absolute Gasteiger partial charge is 0.255 e. The third-order valence-electron chi connectivity index (χ3n) is 7.11. The number of hydrogen-bond donors (Lipinski definition) is 4. The highest BCUT2D eigenvalue weighted by molar-refractivity contribution is 5.98. The maximum absolute atomic E-state index is 14.5. The molecule has 5 N–H and O–H groups in total. The Morgan fingerprint density at radius 2 is 2.05 bits per heavy atom. The second kappa shape index (κ2) is 12.2. The van der Waals surface area contributed by atoms with Crippen molar-refractivity contribution in [3.8, 4) is 17.0 Å². The van der Waals surface area contributed by atoms with Gasteiger partial charge in [-0.1, -0.05) is 6.07 Å². The van der Waals surface area contributed by atoms with Gasteiger partial charge in [0.1, 0.15) is 17.4 Å². The average Bonchev–Trinajstić information content (AvgIpc) is 2.90. The Kier molecular flexibility index (Phi) is 8.81. The van der Waals surface area contributed by atoms with Gasteiger partial charge in [-0.15, -0.1) is 0 Å². The topological polar surface area (TPSA) is 107 Å². The summed E-state index contributed by atoms with van der Waals surface area (Å²) in [5.74, 6) is -0.106. The normalized spacial score (nSPS) is 15.8. The van der Waals surface area contributed by atoms with E-state index in [4.69, 9.17) is 5.73 Å². The van der Waals surface area contributed by atoms with Gasteiger partial charge in [-0.05, 0) is 87.3 Å². The average molecular weight is 521 g/mol. The Hall–Kier alpha value is -3.69. The zero-order valence-corrected chi connectivity index (χ0v) is 22.3. The zero-order valence-electron chi connectivity index (χ0n) is 22.3. The van der Waals surface area contributed by atoms with Crippen molar-refractivity contribution in [1.29, 1.82) is 0 Å². The largest absolute Gasteiger partial charge is 0.507 e. The molecule has 8 nitrogen and oxygen atoms in total. The van der Waals surface area contributed by atoms with Crippen molar-refractivity contribution in [2.24, 2.45) is 5.92 Å². The number of pyridine rings is 1. The molecule has 1 atom stereocenters. The van der Waals surface area contributed by atoms with Gasteiger partial charge in [0.05, 0.1) is 16.9 Å². The summed E-state index contributed by atoms with van der Waals surface area (Å²) in [6.07, 6.45) is 2.20. The number of carbonyl (C=O) groups is 1. The first-order valence-electron chi connectivity index (χ1n) is 13.0. The van der Waals surface area contributed by atoms with Crippen LogP contribution in [0.25, 0.3) is 11.3 Å². The van der Waals surface area contributed by atoms with Gasteiger partial charge in [0, 0.05) is 44.5 Å². The number of carbonyl (C=O) groups excluding carboxylic acids is 1. The minimum atomic E-state index is -0.334. The van der Waals surface area contributed by atoms with E-state index in [1.807, 2.05) is 20.0 Å². The Morgan fingerprint density at radius 3 is 2.79 bits per heavy atom. The fourth-order valence-corrected chi connectivity index (χ4v) is 4.90. The van der Waals surface area contributed by atoms with Crippen LogP contribution in [0, 0.1) is 18.7 Å². The van der Waals surface area contributed by atoms with Crippen molar-refractivity contribution < 1.29 is 14.3 Å². The molecule has 1 amide bonds. The first-order valence-corrected chi connectivity index (χ1v) is 13.0. The lowest BCUT2D eigenvalue weighted by Gasteiger charge is -2.32. The number of nitrogens with zero attached hydrogens (tertiary/aromatic N) is 3. The Labute approximate surface area is 223 Å². The zero-order chi connectivity index (χ0) is 27.2. The summed E-state index contributed by atoms with van der Waals surface area (Å²) in [4.78, 5) is 21.4. The molecular weight excluding hydrogens is 483 g/mol. The molecule has 202 valence electrons. The van der Waals surface area contributed by atoms with E-state index < -0.39 is 0 Å². The van der Waals surface area contributed by atoms with Crippen LogP contribution in [0.2, 0.25) is 0 Å². The molecule has 0 radical (unpaired) electrons. The Balaban J connectivity index is 1.46. The third-order valence-corrected chi connectivity index (χ3v) is 7.11. The number of nitrogens with one attached hydrogen (secondary N) is 2. The van der Waals surface area contributed by atoms with Crippen molar-refractivity contribution in [3.63, 3.8) is 0 Å². The summed E-state index contributed by atoms with van der Waals surface area (Å²) >= 11 is 0. The lowest BCUT2D eigenvalue weighted by atomic mass is 9.98. The van der Waals surface area contributed by atoms with Crippen LogP contribution >= 0.6 is 0 Å². The number of nitrogens with two attached hydrogens (primary N) is 1. The maximum Gasteiger partial charge on any atom is 0.255 e. The van der Waals surface area contributed by atoms with E-state index in [1.165, 1.54) is 12.1 Å². The third kappa shape index (κ3) is 6.41. The molecule has 1 saturated heterocycles. The number of phenols is 1. The predicted molar refractivity (Wildman–Crippen MR) is 150 cm³/mol. The summed E-state index contributed by atoms with van der Waals surface area (Å²) in [7, 11) is 3.71. The highest BCUT2D eigenvalue weighted by atomic mass is 19.1. The van der Waals surface area contributed by atoms with Gasteiger partial charge >= 0.3 is 0 Å². The van der Waals surface area contributed by atoms with Gasteiger partial charge < -0.3 is 31.3 Å². The van der Waals surface area contributed by atoms with Gasteiger partial charge in [0.15, 0.2) is 0 Å². The number of rotatable bonds is 9. The SMILES string of the molecule is CNCCN1CCCC(CNC(=O)c2ccc(-c3cc(N(C)c4ccc(C)cc4F)ccc3O)nc2N)C1. The molecule has 1 aliphatic rings. The van der Waals surface area contributed by atoms with Gasteiger partial charge in [-0.3, -0.25) is 4.79 Å². The lowest BCUT2D eigenvalue weighted by Crippen LogP contribution is -2.43. The number of phenolic OH excluding ortho intramolecular Hbond substituents is 1. The number of aromatic hydroxyl groups is 1. The standard InChI is InChI=1S/C29H37FN6O2/c1-19-6-10-26(24(30)15-19)35(3)21-7-11-27(37)23(16-21)25-9-8-22(28(31)34-25)29(38)33-17-20-5-4-13-36(18-20)14-12-32-2/h6-11,15-16,20,32,37H,4-5,12-14,17-18H2,1-3H3,(H2,31,34)(H,33,38). The van der Waals surface area contributed by atoms with E-state index >= 15 is 0 Å². The maximum atomic E-state index is 14.5. The quantitative estimate of drug-likeness (QED) is 0.339. The Bertz CT molecular complexity index is 1280. The molecule has 1 unspecified atom stereocenters. The van der Waals surface area contributed by atoms with E-state index in [0.717, 1.165) is 44.6 Å². The van der Waals surface area contributed by atoms with Crippen LogP contribution in [0.3, 0.4) is 0 Å². The van der Waals surface area contributed by atoms with E-state index in [-0.39, 0.29) is 23.3 Å². The van der Waals surface area contributed by atoms with Crippen molar-refractivity contribution in [2.45, 2.75) is 19.8 Å². The van der Waals surface area contributed by atoms with Gasteiger partial charge in [-0.2, -0.15) is 0 Å². The summed E-state index contributed by atoms with van der Waals surface area (Å²) in [6, 6.07) is 13.3. The molecule has 0 aliphatic carbocycles. The second-order valence-corrected chi connectivity index (χ2v) is 9.97. The molecule has 0 saturated carbocycles. The molecule has 38 heavy (non-hydrogen) atoms. The fraction of sp³-hybridized carbons (Fsp3) is 0.379. The minimum absolute atomic E-state index is 0.00996. The highest BCUT2D eigenvalue weighted by Gasteiger charge is 2.21. The van der Waals surface area contributed by atoms with Crippen LogP contribution in [-0.4, -0.2) is 67.7 Å². The van der Waals surface area contributed by atoms with Crippen LogP contribution in [0.15, 0.2) is 48.5 Å². The summed E-state index contributed by atoms with van der Waals surface area (Å²) < 4.78 is 14.5. The number of likely N-dealkylation sites (tertiary alicyclic amines) is 1. The molecule has 0 spiro atoms. The Morgan fingerprint density at radius 1 is 1.24 bits per heavy atom. The van der Waals surface area contributed by atoms with Crippen LogP contribution < -0.4 is 21.3 Å². The molecule has 3 aromatic rings. The first-order chi connectivity index (χ1) is 18.3. The predicted octanol–water partition coefficient (Wildman–Crippen LogP) is 3.91. The number of aryl methyl sites for hydroxylation is 1. The van der Waals surface area contributed by atoms with Crippen molar-refractivity contribution >= 4 is 23.1 Å². The van der Waals surface area contributed by atoms with E-state index in [9.17, 15) is 14.3 Å². The molecule has 1 aliphatic heterocycles. The van der Waals surface area contributed by atoms with Gasteiger partial charge in [0.25, 0.3) is 5.91 Å². The van der Waals surface area contributed by atoms with Gasteiger partial charge in [0.2, 0.25) is 0 Å². The number of hydrogen-bond acceptors (Lipinski definition) is 7. The molecule has 2 heterocycles. The van der Waals surface area contributed by atoms with E-state index in [0.29, 0.717) is 40.7 Å².